The van der Waals surface area contributed by atoms with Gasteiger partial charge in [-0.2, -0.15) is 0 Å². The van der Waals surface area contributed by atoms with Gasteiger partial charge in [-0.05, 0) is 22.4 Å². The van der Waals surface area contributed by atoms with Gasteiger partial charge < -0.3 is 0 Å². The summed E-state index contributed by atoms with van der Waals surface area (Å²) in [6.07, 6.45) is 2.73. The molecule has 2 atom stereocenters. The van der Waals surface area contributed by atoms with Crippen molar-refractivity contribution in [2.24, 2.45) is 0 Å². The van der Waals surface area contributed by atoms with E-state index in [0.717, 1.165) is 21.8 Å². The Labute approximate surface area is 97.6 Å². The molecule has 2 rings (SSSR count). The first-order chi connectivity index (χ1) is 6.66. The Balaban J connectivity index is 2.10. The number of aromatic nitrogens is 1. The molecule has 0 saturated carbocycles. The van der Waals surface area contributed by atoms with Crippen LogP contribution in [0.5, 0.6) is 0 Å². The number of halogens is 1. The first-order valence-electron chi connectivity index (χ1n) is 4.17. The molecule has 78 valence electrons. The van der Waals surface area contributed by atoms with Crippen molar-refractivity contribution in [3.63, 3.8) is 0 Å². The van der Waals surface area contributed by atoms with Crippen LogP contribution in [0.4, 0.5) is 0 Å². The van der Waals surface area contributed by atoms with Crippen LogP contribution >= 0.6 is 27.3 Å². The van der Waals surface area contributed by atoms with Gasteiger partial charge in [-0.15, -0.1) is 11.3 Å². The lowest BCUT2D eigenvalue weighted by molar-refractivity contribution is 0.417. The van der Waals surface area contributed by atoms with Crippen molar-refractivity contribution >= 4 is 38.4 Å². The third-order valence-corrected chi connectivity index (χ3v) is 4.88. The monoisotopic (exact) mass is 295 g/mol. The van der Waals surface area contributed by atoms with Crippen LogP contribution in [0.15, 0.2) is 9.98 Å². The highest BCUT2D eigenvalue weighted by Crippen LogP contribution is 2.28. The quantitative estimate of drug-likeness (QED) is 0.852. The average Bonchev–Trinajstić information content (AvgIpc) is 2.57. The summed E-state index contributed by atoms with van der Waals surface area (Å²) < 4.78 is 17.3. The van der Waals surface area contributed by atoms with Gasteiger partial charge in [0, 0.05) is 13.6 Å². The van der Waals surface area contributed by atoms with Crippen LogP contribution in [0.2, 0.25) is 0 Å². The molecule has 2 heterocycles. The minimum atomic E-state index is -1.07. The third kappa shape index (κ3) is 2.22. The first-order valence-corrected chi connectivity index (χ1v) is 6.89. The maximum absolute atomic E-state index is 11.5. The molecule has 1 saturated heterocycles. The second-order valence-corrected chi connectivity index (χ2v) is 6.86. The zero-order chi connectivity index (χ0) is 10.1. The molecule has 1 N–H and O–H groups in total. The lowest BCUT2D eigenvalue weighted by Gasteiger charge is -2.27. The van der Waals surface area contributed by atoms with Crippen LogP contribution in [-0.2, 0) is 11.2 Å². The Morgan fingerprint density at radius 3 is 3.21 bits per heavy atom. The summed E-state index contributed by atoms with van der Waals surface area (Å²) in [6, 6.07) is 0.128. The van der Waals surface area contributed by atoms with Gasteiger partial charge in [-0.1, -0.05) is 0 Å². The molecule has 4 nitrogen and oxygen atoms in total. The fraction of sp³-hybridized carbons (Fsp3) is 0.571. The summed E-state index contributed by atoms with van der Waals surface area (Å²) in [5.74, 6) is 0. The number of nitrogens with one attached hydrogen (secondary N) is 1. The van der Waals surface area contributed by atoms with Gasteiger partial charge in [0.1, 0.15) is 5.01 Å². The zero-order valence-corrected chi connectivity index (χ0v) is 10.8. The molecule has 1 aliphatic heterocycles. The largest absolute Gasteiger partial charge is 0.247 e. The molecule has 0 radical (unpaired) electrons. The second-order valence-electron chi connectivity index (χ2n) is 3.06. The van der Waals surface area contributed by atoms with Crippen molar-refractivity contribution in [3.8, 4) is 0 Å². The van der Waals surface area contributed by atoms with Gasteiger partial charge in [0.05, 0.1) is 16.0 Å². The number of thiazole rings is 1. The van der Waals surface area contributed by atoms with Gasteiger partial charge in [-0.25, -0.2) is 18.2 Å². The van der Waals surface area contributed by atoms with Crippen LogP contribution < -0.4 is 4.72 Å². The molecule has 1 fully saturated rings. The molecular weight excluding hydrogens is 286 g/mol. The van der Waals surface area contributed by atoms with Crippen LogP contribution in [0, 0.1) is 0 Å². The fourth-order valence-corrected chi connectivity index (χ4v) is 3.59. The van der Waals surface area contributed by atoms with E-state index in [4.69, 9.17) is 0 Å². The Bertz CT molecular complexity index is 356. The normalized spacial score (nSPS) is 29.3. The maximum Gasteiger partial charge on any atom is 0.170 e. The Morgan fingerprint density at radius 1 is 1.86 bits per heavy atom. The predicted octanol–water partition coefficient (Wildman–Crippen LogP) is 1.45. The number of hydrogen-bond donors (Lipinski definition) is 1. The highest BCUT2D eigenvalue weighted by atomic mass is 79.9. The van der Waals surface area contributed by atoms with E-state index in [9.17, 15) is 4.21 Å². The smallest absolute Gasteiger partial charge is 0.170 e. The molecule has 0 bridgehead atoms. The summed E-state index contributed by atoms with van der Waals surface area (Å²) in [4.78, 5) is 4.26. The highest BCUT2D eigenvalue weighted by molar-refractivity contribution is 9.11. The topological polar surface area (TPSA) is 45.2 Å². The molecule has 1 aromatic heterocycles. The van der Waals surface area contributed by atoms with Crippen molar-refractivity contribution in [2.75, 3.05) is 13.6 Å². The van der Waals surface area contributed by atoms with E-state index in [0.29, 0.717) is 0 Å². The lowest BCUT2D eigenvalue weighted by atomic mass is 10.2. The van der Waals surface area contributed by atoms with E-state index >= 15 is 0 Å². The minimum Gasteiger partial charge on any atom is -0.247 e. The second kappa shape index (κ2) is 4.36. The summed E-state index contributed by atoms with van der Waals surface area (Å²) in [7, 11) is 1.84. The summed E-state index contributed by atoms with van der Waals surface area (Å²) in [5.41, 5.74) is 0. The van der Waals surface area contributed by atoms with Crippen molar-refractivity contribution < 1.29 is 4.21 Å². The molecule has 0 spiro atoms. The molecule has 1 aromatic rings. The van der Waals surface area contributed by atoms with Crippen LogP contribution in [0.1, 0.15) is 17.5 Å². The maximum atomic E-state index is 11.5. The molecule has 1 aliphatic rings. The van der Waals surface area contributed by atoms with Crippen molar-refractivity contribution in [2.45, 2.75) is 12.5 Å². The van der Waals surface area contributed by atoms with Crippen LogP contribution in [0.25, 0.3) is 0 Å². The van der Waals surface area contributed by atoms with Crippen LogP contribution in [-0.4, -0.2) is 27.1 Å². The summed E-state index contributed by atoms with van der Waals surface area (Å²) in [5, 5.41) is 0.998. The summed E-state index contributed by atoms with van der Waals surface area (Å²) >= 11 is 3.88. The van der Waals surface area contributed by atoms with Crippen molar-refractivity contribution in [1.29, 1.82) is 0 Å². The molecule has 2 unspecified atom stereocenters. The fourth-order valence-electron chi connectivity index (χ4n) is 1.27. The predicted molar refractivity (Wildman–Crippen MR) is 61.1 cm³/mol. The Morgan fingerprint density at radius 2 is 2.64 bits per heavy atom. The average molecular weight is 296 g/mol. The van der Waals surface area contributed by atoms with Gasteiger partial charge in [0.2, 0.25) is 0 Å². The molecule has 0 aliphatic carbocycles. The van der Waals surface area contributed by atoms with Crippen molar-refractivity contribution in [1.82, 2.24) is 14.0 Å². The Kier molecular flexibility index (Phi) is 3.33. The SMILES string of the molecule is CN1CCC(c2ncc(Br)s2)NS1=O. The zero-order valence-electron chi connectivity index (χ0n) is 7.57. The molecule has 0 aromatic carbocycles. The lowest BCUT2D eigenvalue weighted by Crippen LogP contribution is -2.41. The molecule has 0 amide bonds. The van der Waals surface area contributed by atoms with E-state index in [2.05, 4.69) is 25.6 Å². The Hall–Kier alpha value is 0.180. The number of rotatable bonds is 1. The number of hydrogen-bond acceptors (Lipinski definition) is 3. The summed E-state index contributed by atoms with van der Waals surface area (Å²) in [6.45, 7) is 0.835. The van der Waals surface area contributed by atoms with E-state index in [1.54, 1.807) is 21.8 Å². The van der Waals surface area contributed by atoms with E-state index in [1.165, 1.54) is 0 Å². The van der Waals surface area contributed by atoms with Crippen molar-refractivity contribution in [3.05, 3.63) is 15.0 Å². The first kappa shape index (κ1) is 10.7. The molecule has 14 heavy (non-hydrogen) atoms. The molecular formula is C7H10BrN3OS2. The van der Waals surface area contributed by atoms with Gasteiger partial charge in [-0.3, -0.25) is 0 Å². The van der Waals surface area contributed by atoms with Gasteiger partial charge in [0.15, 0.2) is 11.2 Å². The van der Waals surface area contributed by atoms with E-state index < -0.39 is 11.2 Å². The standard InChI is InChI=1S/C7H10BrN3OS2/c1-11-3-2-5(10-14(11)12)7-9-4-6(8)13-7/h4-5,10H,2-3H2,1H3. The van der Waals surface area contributed by atoms with E-state index in [-0.39, 0.29) is 6.04 Å². The van der Waals surface area contributed by atoms with Gasteiger partial charge >= 0.3 is 0 Å². The third-order valence-electron chi connectivity index (χ3n) is 2.05. The van der Waals surface area contributed by atoms with Gasteiger partial charge in [0.25, 0.3) is 0 Å². The minimum absolute atomic E-state index is 0.128. The van der Waals surface area contributed by atoms with E-state index in [1.807, 2.05) is 7.05 Å². The number of nitrogens with zero attached hydrogens (tertiary/aromatic N) is 2. The highest BCUT2D eigenvalue weighted by Gasteiger charge is 2.25. The molecule has 7 heteroatoms. The van der Waals surface area contributed by atoms with Crippen LogP contribution in [0.3, 0.4) is 0 Å².